The zero-order valence-electron chi connectivity index (χ0n) is 10.7. The maximum absolute atomic E-state index is 11.7. The lowest BCUT2D eigenvalue weighted by atomic mass is 10.1. The molecule has 0 saturated heterocycles. The van der Waals surface area contributed by atoms with Gasteiger partial charge in [-0.1, -0.05) is 30.3 Å². The number of hydrogen-bond donors (Lipinski definition) is 0. The van der Waals surface area contributed by atoms with Gasteiger partial charge in [0.05, 0.1) is 17.1 Å². The zero-order valence-corrected chi connectivity index (χ0v) is 10.7. The molecule has 0 radical (unpaired) electrons. The standard InChI is InChI=1S/C15H13NO4/c17-15(13-6-2-1-3-7-13)20-10-9-12-5-4-8-14(11-12)16(18)19/h1-8,11H,9-10H2. The van der Waals surface area contributed by atoms with Crippen LogP contribution in [0.1, 0.15) is 15.9 Å². The fourth-order valence-corrected chi connectivity index (χ4v) is 1.74. The van der Waals surface area contributed by atoms with E-state index in [1.54, 1.807) is 36.4 Å². The van der Waals surface area contributed by atoms with E-state index in [1.807, 2.05) is 6.07 Å². The topological polar surface area (TPSA) is 69.4 Å². The molecule has 0 aliphatic heterocycles. The van der Waals surface area contributed by atoms with Crippen molar-refractivity contribution in [1.29, 1.82) is 0 Å². The molecule has 0 amide bonds. The molecule has 5 nitrogen and oxygen atoms in total. The highest BCUT2D eigenvalue weighted by atomic mass is 16.6. The molecule has 0 heterocycles. The quantitative estimate of drug-likeness (QED) is 0.476. The number of carbonyl (C=O) groups is 1. The van der Waals surface area contributed by atoms with Crippen LogP contribution in [0.5, 0.6) is 0 Å². The van der Waals surface area contributed by atoms with E-state index in [9.17, 15) is 14.9 Å². The second-order valence-corrected chi connectivity index (χ2v) is 4.18. The first kappa shape index (κ1) is 13.7. The molecule has 0 N–H and O–H groups in total. The van der Waals surface area contributed by atoms with Crippen LogP contribution in [0.15, 0.2) is 54.6 Å². The first-order valence-electron chi connectivity index (χ1n) is 6.12. The third-order valence-corrected chi connectivity index (χ3v) is 2.75. The Balaban J connectivity index is 1.89. The van der Waals surface area contributed by atoms with E-state index in [-0.39, 0.29) is 12.3 Å². The molecule has 0 aliphatic carbocycles. The summed E-state index contributed by atoms with van der Waals surface area (Å²) >= 11 is 0. The van der Waals surface area contributed by atoms with Gasteiger partial charge < -0.3 is 4.74 Å². The van der Waals surface area contributed by atoms with E-state index in [0.717, 1.165) is 5.56 Å². The fraction of sp³-hybridized carbons (Fsp3) is 0.133. The summed E-state index contributed by atoms with van der Waals surface area (Å²) in [6.45, 7) is 0.189. The molecule has 2 aromatic rings. The SMILES string of the molecule is O=C(OCCc1cccc([N+](=O)[O-])c1)c1ccccc1. The van der Waals surface area contributed by atoms with Crippen molar-refractivity contribution >= 4 is 11.7 Å². The second-order valence-electron chi connectivity index (χ2n) is 4.18. The normalized spacial score (nSPS) is 10.0. The third-order valence-electron chi connectivity index (χ3n) is 2.75. The fourth-order valence-electron chi connectivity index (χ4n) is 1.74. The monoisotopic (exact) mass is 271 g/mol. The Morgan fingerprint density at radius 2 is 1.85 bits per heavy atom. The van der Waals surface area contributed by atoms with Crippen LogP contribution < -0.4 is 0 Å². The lowest BCUT2D eigenvalue weighted by Gasteiger charge is -2.05. The van der Waals surface area contributed by atoms with Crippen molar-refractivity contribution in [3.8, 4) is 0 Å². The minimum Gasteiger partial charge on any atom is -0.462 e. The molecule has 0 aromatic heterocycles. The number of hydrogen-bond acceptors (Lipinski definition) is 4. The first-order chi connectivity index (χ1) is 9.66. The summed E-state index contributed by atoms with van der Waals surface area (Å²) in [4.78, 5) is 21.9. The van der Waals surface area contributed by atoms with E-state index in [1.165, 1.54) is 12.1 Å². The molecule has 102 valence electrons. The molecule has 2 rings (SSSR count). The molecule has 0 fully saturated rings. The summed E-state index contributed by atoms with van der Waals surface area (Å²) in [6.07, 6.45) is 0.445. The van der Waals surface area contributed by atoms with Crippen molar-refractivity contribution in [2.24, 2.45) is 0 Å². The van der Waals surface area contributed by atoms with Crippen LogP contribution in [-0.4, -0.2) is 17.5 Å². The summed E-state index contributed by atoms with van der Waals surface area (Å²) in [5.74, 6) is -0.393. The van der Waals surface area contributed by atoms with Gasteiger partial charge in [0.2, 0.25) is 0 Å². The predicted molar refractivity (Wildman–Crippen MR) is 73.5 cm³/mol. The number of carbonyl (C=O) groups excluding carboxylic acids is 1. The second kappa shape index (κ2) is 6.47. The van der Waals surface area contributed by atoms with E-state index >= 15 is 0 Å². The Kier molecular flexibility index (Phi) is 4.44. The van der Waals surface area contributed by atoms with Crippen LogP contribution in [0.4, 0.5) is 5.69 Å². The van der Waals surface area contributed by atoms with Gasteiger partial charge in [-0.2, -0.15) is 0 Å². The number of non-ortho nitro benzene ring substituents is 1. The van der Waals surface area contributed by atoms with Crippen molar-refractivity contribution in [3.63, 3.8) is 0 Å². The molecule has 0 bridgehead atoms. The van der Waals surface area contributed by atoms with Gasteiger partial charge >= 0.3 is 5.97 Å². The van der Waals surface area contributed by atoms with Crippen molar-refractivity contribution in [3.05, 3.63) is 75.8 Å². The smallest absolute Gasteiger partial charge is 0.338 e. The van der Waals surface area contributed by atoms with E-state index in [0.29, 0.717) is 12.0 Å². The average molecular weight is 271 g/mol. The highest BCUT2D eigenvalue weighted by Crippen LogP contribution is 2.13. The summed E-state index contributed by atoms with van der Waals surface area (Å²) in [5.41, 5.74) is 1.29. The van der Waals surface area contributed by atoms with Crippen LogP contribution in [0.25, 0.3) is 0 Å². The first-order valence-corrected chi connectivity index (χ1v) is 6.12. The minimum atomic E-state index is -0.445. The van der Waals surface area contributed by atoms with E-state index < -0.39 is 10.9 Å². The maximum Gasteiger partial charge on any atom is 0.338 e. The molecule has 0 saturated carbocycles. The zero-order chi connectivity index (χ0) is 14.4. The molecule has 2 aromatic carbocycles. The highest BCUT2D eigenvalue weighted by Gasteiger charge is 2.08. The molecule has 0 spiro atoms. The van der Waals surface area contributed by atoms with Crippen LogP contribution >= 0.6 is 0 Å². The minimum absolute atomic E-state index is 0.0388. The average Bonchev–Trinajstić information content (AvgIpc) is 2.48. The van der Waals surface area contributed by atoms with Gasteiger partial charge in [0.25, 0.3) is 5.69 Å². The van der Waals surface area contributed by atoms with Gasteiger partial charge in [-0.25, -0.2) is 4.79 Å². The maximum atomic E-state index is 11.7. The Bertz CT molecular complexity index is 610. The molecule has 0 aliphatic rings. The van der Waals surface area contributed by atoms with Gasteiger partial charge in [0, 0.05) is 18.6 Å². The predicted octanol–water partition coefficient (Wildman–Crippen LogP) is 2.99. The number of nitrogens with zero attached hydrogens (tertiary/aromatic N) is 1. The highest BCUT2D eigenvalue weighted by molar-refractivity contribution is 5.89. The molecule has 5 heteroatoms. The van der Waals surface area contributed by atoms with Crippen LogP contribution in [-0.2, 0) is 11.2 Å². The summed E-state index contributed by atoms with van der Waals surface area (Å²) < 4.78 is 5.12. The largest absolute Gasteiger partial charge is 0.462 e. The number of esters is 1. The summed E-state index contributed by atoms with van der Waals surface area (Å²) in [7, 11) is 0. The molecular weight excluding hydrogens is 258 g/mol. The van der Waals surface area contributed by atoms with Gasteiger partial charge in [-0.15, -0.1) is 0 Å². The number of nitro groups is 1. The lowest BCUT2D eigenvalue weighted by molar-refractivity contribution is -0.384. The van der Waals surface area contributed by atoms with Crippen LogP contribution in [0, 0.1) is 10.1 Å². The van der Waals surface area contributed by atoms with Gasteiger partial charge in [-0.05, 0) is 17.7 Å². The Morgan fingerprint density at radius 3 is 2.55 bits per heavy atom. The number of ether oxygens (including phenoxy) is 1. The van der Waals surface area contributed by atoms with Crippen LogP contribution in [0.3, 0.4) is 0 Å². The Labute approximate surface area is 116 Å². The van der Waals surface area contributed by atoms with Crippen molar-refractivity contribution < 1.29 is 14.5 Å². The molecular formula is C15H13NO4. The van der Waals surface area contributed by atoms with Gasteiger partial charge in [0.15, 0.2) is 0 Å². The van der Waals surface area contributed by atoms with Crippen molar-refractivity contribution in [2.75, 3.05) is 6.61 Å². The van der Waals surface area contributed by atoms with Crippen molar-refractivity contribution in [2.45, 2.75) is 6.42 Å². The van der Waals surface area contributed by atoms with E-state index in [2.05, 4.69) is 0 Å². The lowest BCUT2D eigenvalue weighted by Crippen LogP contribution is -2.08. The summed E-state index contributed by atoms with van der Waals surface area (Å²) in [6, 6.07) is 15.0. The number of nitro benzene ring substituents is 1. The van der Waals surface area contributed by atoms with Gasteiger partial charge in [0.1, 0.15) is 0 Å². The van der Waals surface area contributed by atoms with Gasteiger partial charge in [-0.3, -0.25) is 10.1 Å². The third kappa shape index (κ3) is 3.65. The molecule has 0 unspecified atom stereocenters. The Hall–Kier alpha value is -2.69. The van der Waals surface area contributed by atoms with Crippen molar-refractivity contribution in [1.82, 2.24) is 0 Å². The van der Waals surface area contributed by atoms with Crippen LogP contribution in [0.2, 0.25) is 0 Å². The van der Waals surface area contributed by atoms with E-state index in [4.69, 9.17) is 4.74 Å². The summed E-state index contributed by atoms with van der Waals surface area (Å²) in [5, 5.41) is 10.6. The molecule has 0 atom stereocenters. The number of benzene rings is 2. The Morgan fingerprint density at radius 1 is 1.10 bits per heavy atom. The molecule has 20 heavy (non-hydrogen) atoms. The number of rotatable bonds is 5.